The maximum absolute atomic E-state index is 13.0. The lowest BCUT2D eigenvalue weighted by Crippen LogP contribution is -2.36. The third-order valence-electron chi connectivity index (χ3n) is 6.05. The van der Waals surface area contributed by atoms with Crippen molar-refractivity contribution in [2.45, 2.75) is 45.2 Å². The minimum absolute atomic E-state index is 0.183. The van der Waals surface area contributed by atoms with E-state index in [-0.39, 0.29) is 17.8 Å². The van der Waals surface area contributed by atoms with Crippen LogP contribution >= 0.6 is 0 Å². The number of benzene rings is 2. The van der Waals surface area contributed by atoms with Crippen molar-refractivity contribution in [1.29, 1.82) is 0 Å². The molecule has 0 saturated carbocycles. The molecule has 0 spiro atoms. The van der Waals surface area contributed by atoms with E-state index in [0.29, 0.717) is 17.8 Å². The highest BCUT2D eigenvalue weighted by Gasteiger charge is 2.26. The normalized spacial score (nSPS) is 16.6. The van der Waals surface area contributed by atoms with Gasteiger partial charge in [-0.3, -0.25) is 9.69 Å². The molecule has 0 bridgehead atoms. The second-order valence-electron chi connectivity index (χ2n) is 8.32. The van der Waals surface area contributed by atoms with Gasteiger partial charge in [0.15, 0.2) is 0 Å². The molecule has 1 amide bonds. The van der Waals surface area contributed by atoms with Gasteiger partial charge in [0, 0.05) is 19.3 Å². The quantitative estimate of drug-likeness (QED) is 0.592. The lowest BCUT2D eigenvalue weighted by atomic mass is 10.00. The van der Waals surface area contributed by atoms with Gasteiger partial charge in [-0.15, -0.1) is 0 Å². The number of aryl methyl sites for hydroxylation is 1. The minimum Gasteiger partial charge on any atom is -0.348 e. The van der Waals surface area contributed by atoms with Crippen molar-refractivity contribution < 1.29 is 9.18 Å². The van der Waals surface area contributed by atoms with Crippen molar-refractivity contribution in [2.75, 3.05) is 13.1 Å². The maximum atomic E-state index is 13.0. The van der Waals surface area contributed by atoms with Crippen LogP contribution in [0.2, 0.25) is 0 Å². The smallest absolute Gasteiger partial charge is 0.254 e. The van der Waals surface area contributed by atoms with Crippen molar-refractivity contribution in [3.63, 3.8) is 0 Å². The number of amides is 1. The minimum atomic E-state index is -0.291. The van der Waals surface area contributed by atoms with Gasteiger partial charge in [0.05, 0.1) is 17.3 Å². The zero-order valence-corrected chi connectivity index (χ0v) is 18.4. The molecule has 1 aliphatic heterocycles. The van der Waals surface area contributed by atoms with Gasteiger partial charge in [-0.2, -0.15) is 0 Å². The molecule has 1 unspecified atom stereocenters. The number of likely N-dealkylation sites (tertiary alicyclic amines) is 1. The predicted octanol–water partition coefficient (Wildman–Crippen LogP) is 4.62. The summed E-state index contributed by atoms with van der Waals surface area (Å²) in [6.07, 6.45) is 6.02. The molecule has 2 heterocycles. The Bertz CT molecular complexity index is 1040. The highest BCUT2D eigenvalue weighted by molar-refractivity contribution is 5.94. The molecule has 32 heavy (non-hydrogen) atoms. The fraction of sp³-hybridized carbons (Fsp3) is 0.346. The maximum Gasteiger partial charge on any atom is 0.254 e. The zero-order valence-electron chi connectivity index (χ0n) is 18.4. The van der Waals surface area contributed by atoms with E-state index in [4.69, 9.17) is 4.98 Å². The van der Waals surface area contributed by atoms with E-state index in [1.165, 1.54) is 24.1 Å². The van der Waals surface area contributed by atoms with Crippen LogP contribution in [0.25, 0.3) is 0 Å². The van der Waals surface area contributed by atoms with Crippen LogP contribution in [0.5, 0.6) is 0 Å². The van der Waals surface area contributed by atoms with Gasteiger partial charge < -0.3 is 5.32 Å². The number of piperidine rings is 1. The molecule has 0 aliphatic carbocycles. The summed E-state index contributed by atoms with van der Waals surface area (Å²) < 4.78 is 13.0. The molecule has 1 atom stereocenters. The standard InChI is InChI=1S/C26H29FN4O/c1-19-23(26(32)29-17-21-10-12-22(27)13-11-21)18-28-25(30-19)24-9-5-6-15-31(24)16-14-20-7-3-2-4-8-20/h2-4,7-8,10-13,18,24H,5-6,9,14-17H2,1H3,(H,29,32). The molecule has 1 fully saturated rings. The molecular formula is C26H29FN4O. The molecule has 1 aromatic heterocycles. The molecule has 1 saturated heterocycles. The van der Waals surface area contributed by atoms with Crippen molar-refractivity contribution >= 4 is 5.91 Å². The number of carbonyl (C=O) groups excluding carboxylic acids is 1. The molecule has 1 aliphatic rings. The van der Waals surface area contributed by atoms with Gasteiger partial charge >= 0.3 is 0 Å². The molecule has 166 valence electrons. The molecule has 4 rings (SSSR count). The number of halogens is 1. The summed E-state index contributed by atoms with van der Waals surface area (Å²) in [5, 5.41) is 2.87. The Morgan fingerprint density at radius 2 is 1.88 bits per heavy atom. The fourth-order valence-electron chi connectivity index (χ4n) is 4.22. The van der Waals surface area contributed by atoms with Crippen molar-refractivity contribution in [3.05, 3.63) is 94.8 Å². The number of nitrogens with zero attached hydrogens (tertiary/aromatic N) is 3. The van der Waals surface area contributed by atoms with E-state index in [9.17, 15) is 9.18 Å². The average Bonchev–Trinajstić information content (AvgIpc) is 2.83. The first kappa shape index (κ1) is 22.1. The number of aromatic nitrogens is 2. The SMILES string of the molecule is Cc1nc(C2CCCCN2CCc2ccccc2)ncc1C(=O)NCc1ccc(F)cc1. The lowest BCUT2D eigenvalue weighted by molar-refractivity contribution is 0.0949. The Morgan fingerprint density at radius 1 is 1.09 bits per heavy atom. The molecular weight excluding hydrogens is 403 g/mol. The van der Waals surface area contributed by atoms with Crippen molar-refractivity contribution in [1.82, 2.24) is 20.2 Å². The second-order valence-corrected chi connectivity index (χ2v) is 8.32. The topological polar surface area (TPSA) is 58.1 Å². The molecule has 1 N–H and O–H groups in total. The van der Waals surface area contributed by atoms with E-state index >= 15 is 0 Å². The van der Waals surface area contributed by atoms with E-state index < -0.39 is 0 Å². The molecule has 5 nitrogen and oxygen atoms in total. The van der Waals surface area contributed by atoms with Gasteiger partial charge in [-0.05, 0) is 56.0 Å². The number of nitrogens with one attached hydrogen (secondary N) is 1. The lowest BCUT2D eigenvalue weighted by Gasteiger charge is -2.34. The van der Waals surface area contributed by atoms with Gasteiger partial charge in [-0.25, -0.2) is 14.4 Å². The fourth-order valence-corrected chi connectivity index (χ4v) is 4.22. The van der Waals surface area contributed by atoms with Crippen LogP contribution in [0.1, 0.15) is 58.3 Å². The summed E-state index contributed by atoms with van der Waals surface area (Å²) in [5.74, 6) is 0.286. The van der Waals surface area contributed by atoms with E-state index in [1.54, 1.807) is 18.3 Å². The third kappa shape index (κ3) is 5.56. The van der Waals surface area contributed by atoms with E-state index in [0.717, 1.165) is 43.7 Å². The Balaban J connectivity index is 1.41. The first-order valence-corrected chi connectivity index (χ1v) is 11.2. The summed E-state index contributed by atoms with van der Waals surface area (Å²) in [6.45, 7) is 4.20. The second kappa shape index (κ2) is 10.5. The van der Waals surface area contributed by atoms with Crippen molar-refractivity contribution in [3.8, 4) is 0 Å². The largest absolute Gasteiger partial charge is 0.348 e. The van der Waals surface area contributed by atoms with Crippen LogP contribution < -0.4 is 5.32 Å². The Labute approximate surface area is 188 Å². The molecule has 2 aromatic carbocycles. The number of hydrogen-bond acceptors (Lipinski definition) is 4. The van der Waals surface area contributed by atoms with Crippen LogP contribution in [0, 0.1) is 12.7 Å². The number of rotatable bonds is 7. The van der Waals surface area contributed by atoms with Gasteiger partial charge in [-0.1, -0.05) is 48.9 Å². The Kier molecular flexibility index (Phi) is 7.22. The summed E-state index contributed by atoms with van der Waals surface area (Å²) in [4.78, 5) is 24.4. The molecule has 3 aromatic rings. The average molecular weight is 433 g/mol. The molecule has 6 heteroatoms. The summed E-state index contributed by atoms with van der Waals surface area (Å²) >= 11 is 0. The third-order valence-corrected chi connectivity index (χ3v) is 6.05. The van der Waals surface area contributed by atoms with E-state index in [2.05, 4.69) is 39.5 Å². The Morgan fingerprint density at radius 3 is 2.62 bits per heavy atom. The highest BCUT2D eigenvalue weighted by atomic mass is 19.1. The summed E-state index contributed by atoms with van der Waals surface area (Å²) in [6, 6.07) is 16.8. The number of hydrogen-bond donors (Lipinski definition) is 1. The van der Waals surface area contributed by atoms with Crippen LogP contribution in [0.4, 0.5) is 4.39 Å². The van der Waals surface area contributed by atoms with Gasteiger partial charge in [0.25, 0.3) is 5.91 Å². The van der Waals surface area contributed by atoms with E-state index in [1.807, 2.05) is 13.0 Å². The first-order valence-electron chi connectivity index (χ1n) is 11.2. The Hall–Kier alpha value is -3.12. The monoisotopic (exact) mass is 432 g/mol. The predicted molar refractivity (Wildman–Crippen MR) is 123 cm³/mol. The first-order chi connectivity index (χ1) is 15.6. The van der Waals surface area contributed by atoms with Gasteiger partial charge in [0.1, 0.15) is 11.6 Å². The van der Waals surface area contributed by atoms with Crippen LogP contribution in [0.15, 0.2) is 60.8 Å². The van der Waals surface area contributed by atoms with Crippen LogP contribution in [-0.4, -0.2) is 33.9 Å². The number of carbonyl (C=O) groups is 1. The van der Waals surface area contributed by atoms with Crippen LogP contribution in [0.3, 0.4) is 0 Å². The van der Waals surface area contributed by atoms with Crippen LogP contribution in [-0.2, 0) is 13.0 Å². The van der Waals surface area contributed by atoms with Gasteiger partial charge in [0.2, 0.25) is 0 Å². The molecule has 0 radical (unpaired) electrons. The summed E-state index contributed by atoms with van der Waals surface area (Å²) in [7, 11) is 0. The summed E-state index contributed by atoms with van der Waals surface area (Å²) in [5.41, 5.74) is 3.33. The van der Waals surface area contributed by atoms with Crippen molar-refractivity contribution in [2.24, 2.45) is 0 Å². The highest BCUT2D eigenvalue weighted by Crippen LogP contribution is 2.29. The zero-order chi connectivity index (χ0) is 22.3.